The largest absolute Gasteiger partial charge is 0.367 e. The molecule has 11 heavy (non-hydrogen) atoms. The predicted octanol–water partition coefficient (Wildman–Crippen LogP) is 2.15. The predicted molar refractivity (Wildman–Crippen MR) is 49.5 cm³/mol. The molecule has 0 aliphatic rings. The standard InChI is InChI=1S/C7H12N2.C2H6/c1-2-8-5-7-3-4-9-6-7;1-2/h3-4,6,8-9H,2,5H2,1H3;1-2H3. The Morgan fingerprint density at radius 2 is 2.18 bits per heavy atom. The summed E-state index contributed by atoms with van der Waals surface area (Å²) in [5, 5.41) is 3.23. The molecule has 64 valence electrons. The molecular formula is C9H18N2. The number of rotatable bonds is 3. The van der Waals surface area contributed by atoms with Crippen LogP contribution < -0.4 is 5.32 Å². The third-order valence-electron chi connectivity index (χ3n) is 1.24. The van der Waals surface area contributed by atoms with E-state index in [1.165, 1.54) is 5.56 Å². The molecule has 0 unspecified atom stereocenters. The van der Waals surface area contributed by atoms with E-state index in [0.29, 0.717) is 0 Å². The monoisotopic (exact) mass is 154 g/mol. The minimum Gasteiger partial charge on any atom is -0.367 e. The molecule has 2 nitrogen and oxygen atoms in total. The molecule has 0 bridgehead atoms. The van der Waals surface area contributed by atoms with Gasteiger partial charge in [-0.1, -0.05) is 20.8 Å². The molecule has 0 radical (unpaired) electrons. The number of nitrogens with one attached hydrogen (secondary N) is 2. The Morgan fingerprint density at radius 1 is 1.45 bits per heavy atom. The van der Waals surface area contributed by atoms with Crippen LogP contribution in [0.15, 0.2) is 18.5 Å². The van der Waals surface area contributed by atoms with Crippen LogP contribution in [0.5, 0.6) is 0 Å². The van der Waals surface area contributed by atoms with Crippen LogP contribution in [0.2, 0.25) is 0 Å². The molecule has 0 saturated heterocycles. The van der Waals surface area contributed by atoms with Gasteiger partial charge in [0.05, 0.1) is 0 Å². The Balaban J connectivity index is 0.000000461. The smallest absolute Gasteiger partial charge is 0.0220 e. The first-order chi connectivity index (χ1) is 5.43. The number of hydrogen-bond acceptors (Lipinski definition) is 1. The van der Waals surface area contributed by atoms with Crippen LogP contribution in [0.3, 0.4) is 0 Å². The average molecular weight is 154 g/mol. The molecule has 0 aliphatic heterocycles. The van der Waals surface area contributed by atoms with Crippen molar-refractivity contribution in [1.82, 2.24) is 10.3 Å². The minimum atomic E-state index is 0.972. The van der Waals surface area contributed by atoms with Crippen LogP contribution in [-0.2, 0) is 6.54 Å². The molecule has 0 aliphatic carbocycles. The molecular weight excluding hydrogens is 136 g/mol. The van der Waals surface area contributed by atoms with Crippen molar-refractivity contribution in [2.75, 3.05) is 6.54 Å². The van der Waals surface area contributed by atoms with Gasteiger partial charge in [0, 0.05) is 18.9 Å². The Hall–Kier alpha value is -0.760. The Kier molecular flexibility index (Phi) is 6.84. The summed E-state index contributed by atoms with van der Waals surface area (Å²) >= 11 is 0. The second-order valence-electron chi connectivity index (χ2n) is 2.00. The van der Waals surface area contributed by atoms with E-state index < -0.39 is 0 Å². The van der Waals surface area contributed by atoms with Crippen LogP contribution in [-0.4, -0.2) is 11.5 Å². The quantitative estimate of drug-likeness (QED) is 0.686. The second kappa shape index (κ2) is 7.35. The van der Waals surface area contributed by atoms with E-state index >= 15 is 0 Å². The van der Waals surface area contributed by atoms with Crippen LogP contribution >= 0.6 is 0 Å². The fourth-order valence-electron chi connectivity index (χ4n) is 0.738. The highest BCUT2D eigenvalue weighted by Crippen LogP contribution is 1.93. The summed E-state index contributed by atoms with van der Waals surface area (Å²) < 4.78 is 0. The van der Waals surface area contributed by atoms with Crippen molar-refractivity contribution in [3.8, 4) is 0 Å². The highest BCUT2D eigenvalue weighted by atomic mass is 14.8. The van der Waals surface area contributed by atoms with Crippen molar-refractivity contribution in [2.24, 2.45) is 0 Å². The molecule has 0 atom stereocenters. The van der Waals surface area contributed by atoms with Gasteiger partial charge in [0.25, 0.3) is 0 Å². The molecule has 0 spiro atoms. The topological polar surface area (TPSA) is 27.8 Å². The van der Waals surface area contributed by atoms with Gasteiger partial charge in [-0.05, 0) is 18.2 Å². The zero-order valence-electron chi connectivity index (χ0n) is 7.65. The third-order valence-corrected chi connectivity index (χ3v) is 1.24. The van der Waals surface area contributed by atoms with E-state index in [-0.39, 0.29) is 0 Å². The summed E-state index contributed by atoms with van der Waals surface area (Å²) in [5.41, 5.74) is 1.32. The molecule has 1 heterocycles. The van der Waals surface area contributed by atoms with Gasteiger partial charge >= 0.3 is 0 Å². The van der Waals surface area contributed by atoms with E-state index in [1.807, 2.05) is 26.2 Å². The SMILES string of the molecule is CC.CCNCc1cc[nH]c1. The normalized spacial score (nSPS) is 8.64. The summed E-state index contributed by atoms with van der Waals surface area (Å²) in [6.45, 7) is 8.11. The average Bonchev–Trinajstić information content (AvgIpc) is 2.57. The van der Waals surface area contributed by atoms with Gasteiger partial charge in [-0.3, -0.25) is 0 Å². The van der Waals surface area contributed by atoms with Gasteiger partial charge in [0.15, 0.2) is 0 Å². The molecule has 0 aromatic carbocycles. The molecule has 0 amide bonds. The van der Waals surface area contributed by atoms with Crippen molar-refractivity contribution in [1.29, 1.82) is 0 Å². The Labute approximate surface area is 69.0 Å². The summed E-state index contributed by atoms with van der Waals surface area (Å²) in [5.74, 6) is 0. The van der Waals surface area contributed by atoms with Gasteiger partial charge in [-0.25, -0.2) is 0 Å². The van der Waals surface area contributed by atoms with Crippen molar-refractivity contribution in [3.05, 3.63) is 24.0 Å². The fraction of sp³-hybridized carbons (Fsp3) is 0.556. The van der Waals surface area contributed by atoms with Crippen molar-refractivity contribution in [3.63, 3.8) is 0 Å². The zero-order valence-corrected chi connectivity index (χ0v) is 7.65. The van der Waals surface area contributed by atoms with E-state index in [2.05, 4.69) is 23.3 Å². The van der Waals surface area contributed by atoms with Crippen LogP contribution in [0.1, 0.15) is 26.3 Å². The lowest BCUT2D eigenvalue weighted by Gasteiger charge is -1.95. The minimum absolute atomic E-state index is 0.972. The first-order valence-corrected chi connectivity index (χ1v) is 4.26. The van der Waals surface area contributed by atoms with Crippen LogP contribution in [0, 0.1) is 0 Å². The first kappa shape index (κ1) is 10.2. The van der Waals surface area contributed by atoms with E-state index in [0.717, 1.165) is 13.1 Å². The summed E-state index contributed by atoms with van der Waals surface area (Å²) in [7, 11) is 0. The molecule has 0 fully saturated rings. The first-order valence-electron chi connectivity index (χ1n) is 4.26. The van der Waals surface area contributed by atoms with E-state index in [4.69, 9.17) is 0 Å². The third kappa shape index (κ3) is 4.62. The summed E-state index contributed by atoms with van der Waals surface area (Å²) in [4.78, 5) is 3.00. The van der Waals surface area contributed by atoms with Gasteiger partial charge in [-0.15, -0.1) is 0 Å². The van der Waals surface area contributed by atoms with Crippen molar-refractivity contribution in [2.45, 2.75) is 27.3 Å². The van der Waals surface area contributed by atoms with Crippen molar-refractivity contribution >= 4 is 0 Å². The maximum Gasteiger partial charge on any atom is 0.0220 e. The van der Waals surface area contributed by atoms with Crippen LogP contribution in [0.4, 0.5) is 0 Å². The Bertz CT molecular complexity index is 145. The lowest BCUT2D eigenvalue weighted by molar-refractivity contribution is 0.727. The molecule has 1 aromatic rings. The van der Waals surface area contributed by atoms with E-state index in [9.17, 15) is 0 Å². The second-order valence-corrected chi connectivity index (χ2v) is 2.00. The van der Waals surface area contributed by atoms with Gasteiger partial charge in [0.1, 0.15) is 0 Å². The van der Waals surface area contributed by atoms with Gasteiger partial charge in [0.2, 0.25) is 0 Å². The maximum atomic E-state index is 3.23. The molecule has 1 rings (SSSR count). The van der Waals surface area contributed by atoms with Crippen molar-refractivity contribution < 1.29 is 0 Å². The maximum absolute atomic E-state index is 3.23. The van der Waals surface area contributed by atoms with E-state index in [1.54, 1.807) is 0 Å². The number of H-pyrrole nitrogens is 1. The van der Waals surface area contributed by atoms with Crippen LogP contribution in [0.25, 0.3) is 0 Å². The lowest BCUT2D eigenvalue weighted by atomic mass is 10.3. The summed E-state index contributed by atoms with van der Waals surface area (Å²) in [6.07, 6.45) is 3.94. The molecule has 0 saturated carbocycles. The molecule has 2 N–H and O–H groups in total. The zero-order chi connectivity index (χ0) is 8.53. The summed E-state index contributed by atoms with van der Waals surface area (Å²) in [6, 6.07) is 2.07. The number of aromatic nitrogens is 1. The van der Waals surface area contributed by atoms with Gasteiger partial charge in [-0.2, -0.15) is 0 Å². The fourth-order valence-corrected chi connectivity index (χ4v) is 0.738. The highest BCUT2D eigenvalue weighted by molar-refractivity contribution is 5.07. The number of hydrogen-bond donors (Lipinski definition) is 2. The Morgan fingerprint density at radius 3 is 2.64 bits per heavy atom. The lowest BCUT2D eigenvalue weighted by Crippen LogP contribution is -2.10. The number of aromatic amines is 1. The highest BCUT2D eigenvalue weighted by Gasteiger charge is 1.87. The molecule has 2 heteroatoms. The molecule has 1 aromatic heterocycles. The van der Waals surface area contributed by atoms with Gasteiger partial charge < -0.3 is 10.3 Å².